The Labute approximate surface area is 129 Å². The van der Waals surface area contributed by atoms with Gasteiger partial charge in [-0.3, -0.25) is 14.4 Å². The van der Waals surface area contributed by atoms with Gasteiger partial charge >= 0.3 is 5.97 Å². The fraction of sp³-hybridized carbons (Fsp3) is 0.667. The molecule has 0 amide bonds. The number of rotatable bonds is 7. The summed E-state index contributed by atoms with van der Waals surface area (Å²) in [4.78, 5) is 36.1. The van der Waals surface area contributed by atoms with Crippen molar-refractivity contribution in [2.75, 3.05) is 25.2 Å². The van der Waals surface area contributed by atoms with Crippen molar-refractivity contribution in [3.8, 4) is 0 Å². The van der Waals surface area contributed by atoms with Crippen molar-refractivity contribution < 1.29 is 19.1 Å². The highest BCUT2D eigenvalue weighted by molar-refractivity contribution is 7.98. The van der Waals surface area contributed by atoms with Crippen LogP contribution in [0.3, 0.4) is 0 Å². The fourth-order valence-corrected chi connectivity index (χ4v) is 2.64. The molecule has 0 bridgehead atoms. The Morgan fingerprint density at radius 2 is 1.90 bits per heavy atom. The van der Waals surface area contributed by atoms with Crippen LogP contribution in [0.25, 0.3) is 0 Å². The molecule has 6 heteroatoms. The Balaban J connectivity index is 2.83. The second-order valence-corrected chi connectivity index (χ2v) is 5.82. The monoisotopic (exact) mass is 313 g/mol. The lowest BCUT2D eigenvalue weighted by Gasteiger charge is -2.23. The molecule has 5 nitrogen and oxygen atoms in total. The number of ketones is 2. The first kappa shape index (κ1) is 17.8. The third kappa shape index (κ3) is 4.88. The first-order chi connectivity index (χ1) is 10.0. The van der Waals surface area contributed by atoms with Crippen molar-refractivity contribution in [1.82, 2.24) is 5.32 Å². The summed E-state index contributed by atoms with van der Waals surface area (Å²) < 4.78 is 4.90. The molecule has 0 aliphatic heterocycles. The highest BCUT2D eigenvalue weighted by Gasteiger charge is 2.36. The van der Waals surface area contributed by atoms with E-state index in [4.69, 9.17) is 4.74 Å². The normalized spacial score (nSPS) is 18.6. The second kappa shape index (κ2) is 8.87. The molecule has 0 unspecified atom stereocenters. The van der Waals surface area contributed by atoms with Crippen LogP contribution < -0.4 is 5.32 Å². The van der Waals surface area contributed by atoms with Crippen molar-refractivity contribution >= 4 is 29.3 Å². The topological polar surface area (TPSA) is 72.5 Å². The summed E-state index contributed by atoms with van der Waals surface area (Å²) in [5.41, 5.74) is 0.945. The Hall–Kier alpha value is -1.30. The van der Waals surface area contributed by atoms with Crippen molar-refractivity contribution in [1.29, 1.82) is 0 Å². The van der Waals surface area contributed by atoms with Gasteiger partial charge in [0.1, 0.15) is 0 Å². The van der Waals surface area contributed by atoms with Gasteiger partial charge in [0.25, 0.3) is 0 Å². The van der Waals surface area contributed by atoms with E-state index >= 15 is 0 Å². The fourth-order valence-electron chi connectivity index (χ4n) is 2.34. The molecule has 1 N–H and O–H groups in total. The van der Waals surface area contributed by atoms with Crippen molar-refractivity contribution in [2.24, 2.45) is 5.92 Å². The van der Waals surface area contributed by atoms with Crippen LogP contribution in [0.2, 0.25) is 0 Å². The van der Waals surface area contributed by atoms with E-state index in [0.29, 0.717) is 12.1 Å². The third-order valence-corrected chi connectivity index (χ3v) is 3.95. The Kier molecular flexibility index (Phi) is 7.50. The van der Waals surface area contributed by atoms with Crippen LogP contribution in [0.5, 0.6) is 0 Å². The number of esters is 1. The third-order valence-electron chi connectivity index (χ3n) is 3.34. The van der Waals surface area contributed by atoms with E-state index in [1.807, 2.05) is 13.2 Å². The Morgan fingerprint density at radius 1 is 1.29 bits per heavy atom. The average molecular weight is 313 g/mol. The number of allylic oxidation sites excluding steroid dienone is 2. The number of thioether (sulfide) groups is 1. The molecule has 0 heterocycles. The van der Waals surface area contributed by atoms with Crippen LogP contribution in [-0.2, 0) is 19.1 Å². The predicted octanol–water partition coefficient (Wildman–Crippen LogP) is 1.71. The maximum absolute atomic E-state index is 12.2. The van der Waals surface area contributed by atoms with Gasteiger partial charge in [0, 0.05) is 30.8 Å². The molecule has 0 radical (unpaired) electrons. The van der Waals surface area contributed by atoms with E-state index in [9.17, 15) is 14.4 Å². The molecule has 0 spiro atoms. The summed E-state index contributed by atoms with van der Waals surface area (Å²) in [6.45, 7) is 4.60. The predicted molar refractivity (Wildman–Crippen MR) is 83.1 cm³/mol. The van der Waals surface area contributed by atoms with Gasteiger partial charge in [-0.2, -0.15) is 11.8 Å². The molecule has 0 aromatic carbocycles. The molecule has 1 aliphatic rings. The standard InChI is InChI=1S/C15H23NO4S/c1-4-11(16-6-7-21-3)14-12(17)8-10(9-13(14)18)15(19)20-5-2/h10,16H,4-9H2,1-3H3. The van der Waals surface area contributed by atoms with Gasteiger partial charge in [-0.05, 0) is 19.6 Å². The largest absolute Gasteiger partial charge is 0.466 e. The minimum absolute atomic E-state index is 0.0631. The van der Waals surface area contributed by atoms with Crippen LogP contribution in [0.15, 0.2) is 11.3 Å². The highest BCUT2D eigenvalue weighted by Crippen LogP contribution is 2.26. The lowest BCUT2D eigenvalue weighted by atomic mass is 9.82. The van der Waals surface area contributed by atoms with Crippen LogP contribution in [0.4, 0.5) is 0 Å². The molecule has 21 heavy (non-hydrogen) atoms. The number of carbonyl (C=O) groups excluding carboxylic acids is 3. The van der Waals surface area contributed by atoms with E-state index in [0.717, 1.165) is 12.3 Å². The molecule has 118 valence electrons. The number of ether oxygens (including phenoxy) is 1. The van der Waals surface area contributed by atoms with Crippen LogP contribution in [0, 0.1) is 5.92 Å². The zero-order valence-electron chi connectivity index (χ0n) is 12.9. The molecule has 0 aromatic rings. The quantitative estimate of drug-likeness (QED) is 0.334. The molecule has 1 fully saturated rings. The van der Waals surface area contributed by atoms with Gasteiger partial charge in [0.2, 0.25) is 0 Å². The van der Waals surface area contributed by atoms with E-state index < -0.39 is 11.9 Å². The maximum atomic E-state index is 12.2. The van der Waals surface area contributed by atoms with E-state index in [-0.39, 0.29) is 36.6 Å². The van der Waals surface area contributed by atoms with Crippen LogP contribution in [0.1, 0.15) is 33.1 Å². The van der Waals surface area contributed by atoms with Gasteiger partial charge in [-0.15, -0.1) is 0 Å². The van der Waals surface area contributed by atoms with Gasteiger partial charge in [-0.25, -0.2) is 0 Å². The van der Waals surface area contributed by atoms with E-state index in [1.54, 1.807) is 18.7 Å². The van der Waals surface area contributed by atoms with Crippen LogP contribution in [-0.4, -0.2) is 42.7 Å². The average Bonchev–Trinajstić information content (AvgIpc) is 2.45. The maximum Gasteiger partial charge on any atom is 0.309 e. The second-order valence-electron chi connectivity index (χ2n) is 4.83. The summed E-state index contributed by atoms with van der Waals surface area (Å²) in [6, 6.07) is 0. The van der Waals surface area contributed by atoms with Gasteiger partial charge in [0.05, 0.1) is 18.1 Å². The van der Waals surface area contributed by atoms with Crippen molar-refractivity contribution in [3.63, 3.8) is 0 Å². The van der Waals surface area contributed by atoms with Gasteiger partial charge < -0.3 is 10.1 Å². The molecule has 1 aliphatic carbocycles. The minimum atomic E-state index is -0.627. The molecule has 1 saturated carbocycles. The molecule has 0 saturated heterocycles. The van der Waals surface area contributed by atoms with Gasteiger partial charge in [-0.1, -0.05) is 6.92 Å². The Morgan fingerprint density at radius 3 is 2.38 bits per heavy atom. The molecule has 0 atom stereocenters. The summed E-state index contributed by atoms with van der Waals surface area (Å²) in [5, 5.41) is 3.17. The molecular weight excluding hydrogens is 290 g/mol. The molecule has 1 rings (SSSR count). The van der Waals surface area contributed by atoms with E-state index in [2.05, 4.69) is 5.32 Å². The highest BCUT2D eigenvalue weighted by atomic mass is 32.2. The molecular formula is C15H23NO4S. The first-order valence-corrected chi connectivity index (χ1v) is 8.63. The summed E-state index contributed by atoms with van der Waals surface area (Å²) >= 11 is 1.70. The number of Topliss-reactive ketones (excluding diaryl/α,β-unsaturated/α-hetero) is 2. The number of hydrogen-bond donors (Lipinski definition) is 1. The smallest absolute Gasteiger partial charge is 0.309 e. The van der Waals surface area contributed by atoms with Gasteiger partial charge in [0.15, 0.2) is 11.6 Å². The number of nitrogens with one attached hydrogen (secondary N) is 1. The zero-order chi connectivity index (χ0) is 15.8. The minimum Gasteiger partial charge on any atom is -0.466 e. The summed E-state index contributed by atoms with van der Waals surface area (Å²) in [6.07, 6.45) is 2.73. The first-order valence-electron chi connectivity index (χ1n) is 7.24. The van der Waals surface area contributed by atoms with E-state index in [1.165, 1.54) is 0 Å². The van der Waals surface area contributed by atoms with Crippen molar-refractivity contribution in [3.05, 3.63) is 11.3 Å². The Bertz CT molecular complexity index is 425. The summed E-state index contributed by atoms with van der Waals surface area (Å²) in [7, 11) is 0. The SMILES string of the molecule is CCOC(=O)C1CC(=O)C(=C(CC)NCCSC)C(=O)C1. The molecule has 0 aromatic heterocycles. The van der Waals surface area contributed by atoms with Crippen LogP contribution >= 0.6 is 11.8 Å². The lowest BCUT2D eigenvalue weighted by Crippen LogP contribution is -2.34. The number of hydrogen-bond acceptors (Lipinski definition) is 6. The lowest BCUT2D eigenvalue weighted by molar-refractivity contribution is -0.151. The summed E-state index contributed by atoms with van der Waals surface area (Å²) in [5.74, 6) is -0.676. The zero-order valence-corrected chi connectivity index (χ0v) is 13.7. The van der Waals surface area contributed by atoms with Crippen molar-refractivity contribution in [2.45, 2.75) is 33.1 Å². The number of carbonyl (C=O) groups is 3.